The fraction of sp³-hybridized carbons (Fsp3) is 0.464. The van der Waals surface area contributed by atoms with Crippen molar-refractivity contribution in [2.45, 2.75) is 51.2 Å². The van der Waals surface area contributed by atoms with Crippen molar-refractivity contribution in [1.29, 1.82) is 0 Å². The van der Waals surface area contributed by atoms with Gasteiger partial charge in [-0.25, -0.2) is 0 Å². The lowest BCUT2D eigenvalue weighted by molar-refractivity contribution is 0.0952. The summed E-state index contributed by atoms with van der Waals surface area (Å²) in [6.07, 6.45) is 8.49. The molecule has 3 heterocycles. The lowest BCUT2D eigenvalue weighted by Gasteiger charge is -2.36. The first kappa shape index (κ1) is 23.4. The Morgan fingerprint density at radius 2 is 1.68 bits per heavy atom. The van der Waals surface area contributed by atoms with E-state index in [1.807, 2.05) is 48.7 Å². The number of benzene rings is 2. The molecule has 6 heteroatoms. The van der Waals surface area contributed by atoms with Crippen molar-refractivity contribution in [1.82, 2.24) is 19.7 Å². The summed E-state index contributed by atoms with van der Waals surface area (Å²) < 4.78 is 2.25. The molecule has 0 aliphatic carbocycles. The average Bonchev–Trinajstić information content (AvgIpc) is 3.53. The summed E-state index contributed by atoms with van der Waals surface area (Å²) in [4.78, 5) is 18.4. The Hall–Kier alpha value is -2.34. The highest BCUT2D eigenvalue weighted by atomic mass is 35.5. The molecule has 2 aliphatic heterocycles. The zero-order valence-corrected chi connectivity index (χ0v) is 20.6. The molecule has 2 aromatic carbocycles. The Labute approximate surface area is 207 Å². The van der Waals surface area contributed by atoms with Crippen LogP contribution in [0.2, 0.25) is 5.02 Å². The summed E-state index contributed by atoms with van der Waals surface area (Å²) in [6.45, 7) is 7.49. The van der Waals surface area contributed by atoms with Crippen molar-refractivity contribution in [3.8, 4) is 0 Å². The van der Waals surface area contributed by atoms with Gasteiger partial charge < -0.3 is 19.7 Å². The van der Waals surface area contributed by atoms with Crippen LogP contribution in [0.5, 0.6) is 0 Å². The van der Waals surface area contributed by atoms with Gasteiger partial charge in [0.15, 0.2) is 0 Å². The molecule has 2 aliphatic rings. The van der Waals surface area contributed by atoms with Gasteiger partial charge in [-0.3, -0.25) is 4.79 Å². The molecule has 1 aromatic heterocycles. The van der Waals surface area contributed by atoms with Crippen molar-refractivity contribution in [2.24, 2.45) is 0 Å². The number of hydrogen-bond acceptors (Lipinski definition) is 3. The molecule has 0 bridgehead atoms. The number of likely N-dealkylation sites (tertiary alicyclic amines) is 2. The molecule has 2 fully saturated rings. The van der Waals surface area contributed by atoms with E-state index in [9.17, 15) is 4.79 Å². The topological polar surface area (TPSA) is 40.5 Å². The molecule has 0 saturated carbocycles. The van der Waals surface area contributed by atoms with Gasteiger partial charge in [0.25, 0.3) is 5.91 Å². The van der Waals surface area contributed by atoms with E-state index in [1.54, 1.807) is 0 Å². The molecule has 0 spiro atoms. The number of aromatic nitrogens is 1. The van der Waals surface area contributed by atoms with Gasteiger partial charge in [-0.1, -0.05) is 48.0 Å². The number of aryl methyl sites for hydroxylation is 1. The number of amides is 1. The fourth-order valence-electron chi connectivity index (χ4n) is 5.60. The molecule has 0 radical (unpaired) electrons. The third kappa shape index (κ3) is 5.32. The molecule has 34 heavy (non-hydrogen) atoms. The number of carbonyl (C=O) groups excluding carboxylic acids is 1. The van der Waals surface area contributed by atoms with Crippen LogP contribution < -0.4 is 5.32 Å². The Kier molecular flexibility index (Phi) is 7.53. The maximum absolute atomic E-state index is 13.0. The minimum Gasteiger partial charge on any atom is -0.348 e. The van der Waals surface area contributed by atoms with Gasteiger partial charge >= 0.3 is 0 Å². The van der Waals surface area contributed by atoms with Crippen LogP contribution in [0.3, 0.4) is 0 Å². The summed E-state index contributed by atoms with van der Waals surface area (Å²) >= 11 is 6.25. The number of hydrogen-bond donors (Lipinski definition) is 1. The van der Waals surface area contributed by atoms with Crippen LogP contribution in [0, 0.1) is 0 Å². The smallest absolute Gasteiger partial charge is 0.253 e. The minimum atomic E-state index is -0.0566. The summed E-state index contributed by atoms with van der Waals surface area (Å²) in [5.41, 5.74) is 2.78. The number of piperidine rings is 1. The van der Waals surface area contributed by atoms with E-state index in [0.717, 1.165) is 47.6 Å². The van der Waals surface area contributed by atoms with Crippen molar-refractivity contribution in [3.63, 3.8) is 0 Å². The van der Waals surface area contributed by atoms with Crippen LogP contribution in [0.25, 0.3) is 10.9 Å². The van der Waals surface area contributed by atoms with Crippen LogP contribution in [0.1, 0.15) is 48.0 Å². The molecule has 1 amide bonds. The van der Waals surface area contributed by atoms with Gasteiger partial charge in [-0.15, -0.1) is 0 Å². The summed E-state index contributed by atoms with van der Waals surface area (Å²) in [5.74, 6) is -0.0566. The predicted molar refractivity (Wildman–Crippen MR) is 139 cm³/mol. The maximum atomic E-state index is 13.0. The normalized spacial score (nSPS) is 18.0. The molecule has 1 N–H and O–H groups in total. The molecular weight excluding hydrogens is 444 g/mol. The molecule has 2 saturated heterocycles. The first-order valence-electron chi connectivity index (χ1n) is 12.7. The number of fused-ring (bicyclic) bond motifs is 1. The van der Waals surface area contributed by atoms with E-state index in [2.05, 4.69) is 25.8 Å². The standard InChI is InChI=1S/C28H35ClN4O/c29-26-10-3-1-8-22(26)20-30-28(34)25-21-33(27-11-4-2-9-24(25)27)17-7-14-31-18-12-23(13-19-31)32-15-5-6-16-32/h1-4,8-11,21,23H,5-7,12-20H2,(H,30,34). The largest absolute Gasteiger partial charge is 0.348 e. The van der Waals surface area contributed by atoms with Crippen LogP contribution in [0.15, 0.2) is 54.7 Å². The quantitative estimate of drug-likeness (QED) is 0.485. The Morgan fingerprint density at radius 3 is 2.47 bits per heavy atom. The number of para-hydroxylation sites is 1. The van der Waals surface area contributed by atoms with E-state index < -0.39 is 0 Å². The first-order valence-corrected chi connectivity index (χ1v) is 13.1. The molecule has 0 unspecified atom stereocenters. The van der Waals surface area contributed by atoms with Crippen molar-refractivity contribution >= 4 is 28.4 Å². The highest BCUT2D eigenvalue weighted by molar-refractivity contribution is 6.31. The van der Waals surface area contributed by atoms with Crippen molar-refractivity contribution < 1.29 is 4.79 Å². The zero-order valence-electron chi connectivity index (χ0n) is 19.9. The Morgan fingerprint density at radius 1 is 0.941 bits per heavy atom. The van der Waals surface area contributed by atoms with Crippen LogP contribution in [-0.4, -0.2) is 59.0 Å². The van der Waals surface area contributed by atoms with Gasteiger partial charge in [0.2, 0.25) is 0 Å². The van der Waals surface area contributed by atoms with E-state index in [0.29, 0.717) is 11.6 Å². The number of carbonyl (C=O) groups is 1. The maximum Gasteiger partial charge on any atom is 0.253 e. The molecular formula is C28H35ClN4O. The van der Waals surface area contributed by atoms with Gasteiger partial charge in [-0.2, -0.15) is 0 Å². The van der Waals surface area contributed by atoms with Crippen LogP contribution >= 0.6 is 11.6 Å². The molecule has 0 atom stereocenters. The molecule has 180 valence electrons. The molecule has 5 rings (SSSR count). The van der Waals surface area contributed by atoms with Gasteiger partial charge in [0.1, 0.15) is 0 Å². The third-order valence-electron chi connectivity index (χ3n) is 7.52. The summed E-state index contributed by atoms with van der Waals surface area (Å²) in [6, 6.07) is 16.6. The number of nitrogens with zero attached hydrogens (tertiary/aromatic N) is 3. The second kappa shape index (κ2) is 10.9. The highest BCUT2D eigenvalue weighted by Gasteiger charge is 2.26. The Bertz CT molecular complexity index is 1110. The summed E-state index contributed by atoms with van der Waals surface area (Å²) in [7, 11) is 0. The van der Waals surface area contributed by atoms with E-state index in [1.165, 1.54) is 51.9 Å². The minimum absolute atomic E-state index is 0.0566. The highest BCUT2D eigenvalue weighted by Crippen LogP contribution is 2.24. The monoisotopic (exact) mass is 478 g/mol. The van der Waals surface area contributed by atoms with Crippen molar-refractivity contribution in [3.05, 3.63) is 70.9 Å². The second-order valence-electron chi connectivity index (χ2n) is 9.70. The Balaban J connectivity index is 1.17. The van der Waals surface area contributed by atoms with Crippen LogP contribution in [-0.2, 0) is 13.1 Å². The van der Waals surface area contributed by atoms with Crippen LogP contribution in [0.4, 0.5) is 0 Å². The second-order valence-corrected chi connectivity index (χ2v) is 10.1. The number of rotatable bonds is 8. The number of halogens is 1. The van der Waals surface area contributed by atoms with Gasteiger partial charge in [-0.05, 0) is 82.5 Å². The lowest BCUT2D eigenvalue weighted by Crippen LogP contribution is -2.44. The van der Waals surface area contributed by atoms with Crippen molar-refractivity contribution in [2.75, 3.05) is 32.7 Å². The lowest BCUT2D eigenvalue weighted by atomic mass is 10.0. The fourth-order valence-corrected chi connectivity index (χ4v) is 5.81. The van der Waals surface area contributed by atoms with E-state index in [4.69, 9.17) is 11.6 Å². The third-order valence-corrected chi connectivity index (χ3v) is 7.89. The first-order chi connectivity index (χ1) is 16.7. The SMILES string of the molecule is O=C(NCc1ccccc1Cl)c1cn(CCCN2CCC(N3CCCC3)CC2)c2ccccc12. The van der Waals surface area contributed by atoms with E-state index in [-0.39, 0.29) is 5.91 Å². The van der Waals surface area contributed by atoms with Gasteiger partial charge in [0.05, 0.1) is 5.56 Å². The summed E-state index contributed by atoms with van der Waals surface area (Å²) in [5, 5.41) is 4.73. The molecule has 5 nitrogen and oxygen atoms in total. The van der Waals surface area contributed by atoms with Gasteiger partial charge in [0, 0.05) is 41.3 Å². The zero-order chi connectivity index (χ0) is 23.3. The van der Waals surface area contributed by atoms with E-state index >= 15 is 0 Å². The predicted octanol–water partition coefficient (Wildman–Crippen LogP) is 5.18. The average molecular weight is 479 g/mol. The number of nitrogens with one attached hydrogen (secondary N) is 1. The molecule has 3 aromatic rings.